The molecule has 0 saturated heterocycles. The van der Waals surface area contributed by atoms with E-state index in [0.29, 0.717) is 14.6 Å². The maximum absolute atomic E-state index is 12.1. The minimum Gasteiger partial charge on any atom is -0.405 e. The number of pyridine rings is 1. The zero-order valence-electron chi connectivity index (χ0n) is 7.10. The number of nitrogens with zero attached hydrogens (tertiary/aromatic N) is 1. The highest BCUT2D eigenvalue weighted by molar-refractivity contribution is 14.1. The van der Waals surface area contributed by atoms with E-state index in [4.69, 9.17) is 0 Å². The third-order valence-electron chi connectivity index (χ3n) is 1.71. The Morgan fingerprint density at radius 2 is 2.13 bits per heavy atom. The van der Waals surface area contributed by atoms with E-state index in [2.05, 4.69) is 14.7 Å². The van der Waals surface area contributed by atoms with Gasteiger partial charge in [0, 0.05) is 16.0 Å². The van der Waals surface area contributed by atoms with Gasteiger partial charge in [-0.1, -0.05) is 0 Å². The molecule has 0 amide bonds. The highest BCUT2D eigenvalue weighted by atomic mass is 127. The Labute approximate surface area is 95.8 Å². The summed E-state index contributed by atoms with van der Waals surface area (Å²) < 4.78 is 40.7. The third kappa shape index (κ3) is 2.16. The molecule has 7 heteroatoms. The fourth-order valence-corrected chi connectivity index (χ4v) is 1.87. The van der Waals surface area contributed by atoms with Crippen molar-refractivity contribution in [2.75, 3.05) is 0 Å². The second-order valence-corrected chi connectivity index (χ2v) is 3.88. The van der Waals surface area contributed by atoms with E-state index in [1.54, 1.807) is 6.20 Å². The lowest BCUT2D eigenvalue weighted by Crippen LogP contribution is -2.17. The van der Waals surface area contributed by atoms with Gasteiger partial charge in [0.25, 0.3) is 0 Å². The zero-order valence-corrected chi connectivity index (χ0v) is 9.26. The number of aromatic amines is 1. The molecular formula is C8H4F3IN2O. The predicted octanol–water partition coefficient (Wildman–Crippen LogP) is 3.07. The van der Waals surface area contributed by atoms with E-state index < -0.39 is 6.36 Å². The van der Waals surface area contributed by atoms with Crippen LogP contribution in [0.25, 0.3) is 11.0 Å². The van der Waals surface area contributed by atoms with Gasteiger partial charge in [-0.05, 0) is 28.7 Å². The number of hydrogen-bond donors (Lipinski definition) is 1. The number of hydrogen-bond acceptors (Lipinski definition) is 2. The van der Waals surface area contributed by atoms with Gasteiger partial charge in [-0.2, -0.15) is 0 Å². The molecule has 2 heterocycles. The van der Waals surface area contributed by atoms with Gasteiger partial charge >= 0.3 is 6.36 Å². The molecular weight excluding hydrogens is 324 g/mol. The minimum absolute atomic E-state index is 0.238. The molecule has 2 aromatic rings. The van der Waals surface area contributed by atoms with Crippen LogP contribution in [0.3, 0.4) is 0 Å². The summed E-state index contributed by atoms with van der Waals surface area (Å²) in [6.07, 6.45) is -1.86. The van der Waals surface area contributed by atoms with Gasteiger partial charge in [0.05, 0.1) is 5.39 Å². The lowest BCUT2D eigenvalue weighted by atomic mass is 10.3. The Balaban J connectivity index is 2.55. The largest absolute Gasteiger partial charge is 0.573 e. The summed E-state index contributed by atoms with van der Waals surface area (Å²) in [5, 5.41) is 0.343. The Morgan fingerprint density at radius 3 is 2.80 bits per heavy atom. The van der Waals surface area contributed by atoms with Gasteiger partial charge in [0.15, 0.2) is 0 Å². The first-order chi connectivity index (χ1) is 6.97. The van der Waals surface area contributed by atoms with E-state index in [-0.39, 0.29) is 5.75 Å². The molecule has 0 fully saturated rings. The molecule has 0 aromatic carbocycles. The molecule has 3 nitrogen and oxygen atoms in total. The maximum Gasteiger partial charge on any atom is 0.573 e. The number of aromatic nitrogens is 2. The van der Waals surface area contributed by atoms with Crippen molar-refractivity contribution in [3.63, 3.8) is 0 Å². The van der Waals surface area contributed by atoms with Gasteiger partial charge in [-0.15, -0.1) is 13.2 Å². The van der Waals surface area contributed by atoms with Crippen molar-refractivity contribution in [2.45, 2.75) is 6.36 Å². The van der Waals surface area contributed by atoms with Crippen molar-refractivity contribution in [3.05, 3.63) is 22.0 Å². The van der Waals surface area contributed by atoms with Crippen LogP contribution in [-0.4, -0.2) is 16.3 Å². The van der Waals surface area contributed by atoms with Crippen LogP contribution in [0.15, 0.2) is 18.5 Å². The van der Waals surface area contributed by atoms with Crippen molar-refractivity contribution >= 4 is 33.6 Å². The van der Waals surface area contributed by atoms with Gasteiger partial charge in [0.1, 0.15) is 11.4 Å². The maximum atomic E-state index is 12.1. The van der Waals surface area contributed by atoms with E-state index in [1.807, 2.05) is 22.6 Å². The van der Waals surface area contributed by atoms with Gasteiger partial charge < -0.3 is 9.72 Å². The van der Waals surface area contributed by atoms with Crippen LogP contribution in [0.4, 0.5) is 13.2 Å². The second-order valence-electron chi connectivity index (χ2n) is 2.72. The molecule has 0 saturated carbocycles. The average Bonchev–Trinajstić information content (AvgIpc) is 2.46. The van der Waals surface area contributed by atoms with Crippen LogP contribution >= 0.6 is 22.6 Å². The predicted molar refractivity (Wildman–Crippen MR) is 55.5 cm³/mol. The van der Waals surface area contributed by atoms with Crippen molar-refractivity contribution in [2.24, 2.45) is 0 Å². The molecule has 0 radical (unpaired) electrons. The molecule has 0 aliphatic carbocycles. The molecule has 15 heavy (non-hydrogen) atoms. The number of rotatable bonds is 1. The standard InChI is InChI=1S/C8H4F3IN2O/c9-8(10,11)15-5-1-2-13-7-6(5)4(12)3-14-7/h1-3H,(H,13,14). The van der Waals surface area contributed by atoms with Crippen LogP contribution in [0.1, 0.15) is 0 Å². The normalized spacial score (nSPS) is 12.0. The van der Waals surface area contributed by atoms with E-state index in [1.165, 1.54) is 12.3 Å². The molecule has 0 aliphatic heterocycles. The number of H-pyrrole nitrogens is 1. The zero-order chi connectivity index (χ0) is 11.1. The molecule has 0 aliphatic rings. The lowest BCUT2D eigenvalue weighted by Gasteiger charge is -2.09. The van der Waals surface area contributed by atoms with Crippen molar-refractivity contribution < 1.29 is 17.9 Å². The first kappa shape index (κ1) is 10.5. The average molecular weight is 328 g/mol. The molecule has 0 unspecified atom stereocenters. The van der Waals surface area contributed by atoms with Crippen LogP contribution in [0.5, 0.6) is 5.75 Å². The van der Waals surface area contributed by atoms with Crippen molar-refractivity contribution in [3.8, 4) is 5.75 Å². The highest BCUT2D eigenvalue weighted by Gasteiger charge is 2.32. The number of fused-ring (bicyclic) bond motifs is 1. The molecule has 0 atom stereocenters. The molecule has 2 aromatic heterocycles. The number of halogens is 4. The third-order valence-corrected chi connectivity index (χ3v) is 2.56. The van der Waals surface area contributed by atoms with Crippen LogP contribution < -0.4 is 4.74 Å². The first-order valence-electron chi connectivity index (χ1n) is 3.85. The number of ether oxygens (including phenoxy) is 1. The molecule has 80 valence electrons. The van der Waals surface area contributed by atoms with Crippen molar-refractivity contribution in [1.82, 2.24) is 9.97 Å². The van der Waals surface area contributed by atoms with E-state index in [9.17, 15) is 13.2 Å². The Kier molecular flexibility index (Phi) is 2.49. The first-order valence-corrected chi connectivity index (χ1v) is 4.92. The molecule has 1 N–H and O–H groups in total. The van der Waals surface area contributed by atoms with Crippen LogP contribution in [-0.2, 0) is 0 Å². The Hall–Kier alpha value is -0.990. The molecule has 2 rings (SSSR count). The Morgan fingerprint density at radius 1 is 1.40 bits per heavy atom. The summed E-state index contributed by atoms with van der Waals surface area (Å²) in [5.74, 6) is -0.238. The van der Waals surface area contributed by atoms with Crippen LogP contribution in [0, 0.1) is 3.57 Å². The topological polar surface area (TPSA) is 37.9 Å². The van der Waals surface area contributed by atoms with Crippen molar-refractivity contribution in [1.29, 1.82) is 0 Å². The summed E-state index contributed by atoms with van der Waals surface area (Å²) in [6, 6.07) is 1.19. The molecule has 0 bridgehead atoms. The SMILES string of the molecule is FC(F)(F)Oc1ccnc2[nH]cc(I)c12. The Bertz CT molecular complexity index is 494. The van der Waals surface area contributed by atoms with Gasteiger partial charge in [-0.25, -0.2) is 4.98 Å². The second kappa shape index (κ2) is 3.54. The number of nitrogens with one attached hydrogen (secondary N) is 1. The highest BCUT2D eigenvalue weighted by Crippen LogP contribution is 2.32. The number of alkyl halides is 3. The molecule has 0 spiro atoms. The summed E-state index contributed by atoms with van der Waals surface area (Å²) in [7, 11) is 0. The summed E-state index contributed by atoms with van der Waals surface area (Å²) >= 11 is 1.91. The fraction of sp³-hybridized carbons (Fsp3) is 0.125. The quantitative estimate of drug-likeness (QED) is 0.817. The van der Waals surface area contributed by atoms with E-state index in [0.717, 1.165) is 0 Å². The minimum atomic E-state index is -4.69. The van der Waals surface area contributed by atoms with E-state index >= 15 is 0 Å². The summed E-state index contributed by atoms with van der Waals surface area (Å²) in [6.45, 7) is 0. The lowest BCUT2D eigenvalue weighted by molar-refractivity contribution is -0.274. The van der Waals surface area contributed by atoms with Crippen LogP contribution in [0.2, 0.25) is 0 Å². The van der Waals surface area contributed by atoms with Gasteiger partial charge in [0.2, 0.25) is 0 Å². The monoisotopic (exact) mass is 328 g/mol. The summed E-state index contributed by atoms with van der Waals surface area (Å²) in [4.78, 5) is 6.63. The summed E-state index contributed by atoms with van der Waals surface area (Å²) in [5.41, 5.74) is 0.376. The fourth-order valence-electron chi connectivity index (χ4n) is 1.20. The smallest absolute Gasteiger partial charge is 0.405 e. The van der Waals surface area contributed by atoms with Gasteiger partial charge in [-0.3, -0.25) is 0 Å².